The first-order chi connectivity index (χ1) is 14.1. The number of benzene rings is 2. The third-order valence-electron chi connectivity index (χ3n) is 4.99. The highest BCUT2D eigenvalue weighted by molar-refractivity contribution is 6.06. The van der Waals surface area contributed by atoms with Crippen molar-refractivity contribution in [2.24, 2.45) is 0 Å². The Kier molecular flexibility index (Phi) is 5.42. The lowest BCUT2D eigenvalue weighted by molar-refractivity contribution is -0.123. The predicted molar refractivity (Wildman–Crippen MR) is 111 cm³/mol. The Morgan fingerprint density at radius 1 is 1.07 bits per heavy atom. The molecule has 1 heterocycles. The number of para-hydroxylation sites is 1. The second-order valence-corrected chi connectivity index (χ2v) is 7.17. The number of carbonyl (C=O) groups excluding carboxylic acids is 2. The van der Waals surface area contributed by atoms with E-state index in [4.69, 9.17) is 4.74 Å². The summed E-state index contributed by atoms with van der Waals surface area (Å²) in [4.78, 5) is 29.4. The van der Waals surface area contributed by atoms with E-state index < -0.39 is 5.91 Å². The maximum absolute atomic E-state index is 12.7. The van der Waals surface area contributed by atoms with Crippen molar-refractivity contribution in [1.82, 2.24) is 15.8 Å². The standard InChI is InChI=1S/C23H23N3O3/c1-2-15-7-11-17(12-8-15)29-14-22(27)25-26-23(28)19-13-21(16-9-10-16)24-20-6-4-3-5-18(19)20/h3-8,11-13,16H,2,9-10,14H2,1H3,(H,25,27)(H,26,28). The van der Waals surface area contributed by atoms with Crippen molar-refractivity contribution in [3.8, 4) is 5.75 Å². The van der Waals surface area contributed by atoms with Crippen LogP contribution in [0.15, 0.2) is 54.6 Å². The molecule has 0 radical (unpaired) electrons. The van der Waals surface area contributed by atoms with Crippen LogP contribution in [-0.4, -0.2) is 23.4 Å². The summed E-state index contributed by atoms with van der Waals surface area (Å²) in [7, 11) is 0. The van der Waals surface area contributed by atoms with Crippen molar-refractivity contribution in [3.05, 3.63) is 71.4 Å². The molecule has 3 aromatic rings. The van der Waals surface area contributed by atoms with Crippen LogP contribution in [0.5, 0.6) is 5.75 Å². The maximum atomic E-state index is 12.7. The average Bonchev–Trinajstić information content (AvgIpc) is 3.61. The predicted octanol–water partition coefficient (Wildman–Crippen LogP) is 3.51. The van der Waals surface area contributed by atoms with Crippen LogP contribution in [-0.2, 0) is 11.2 Å². The third kappa shape index (κ3) is 4.54. The van der Waals surface area contributed by atoms with Gasteiger partial charge in [0.05, 0.1) is 11.1 Å². The number of hydrazine groups is 1. The lowest BCUT2D eigenvalue weighted by Gasteiger charge is -2.11. The largest absolute Gasteiger partial charge is 0.484 e. The molecule has 4 rings (SSSR count). The molecule has 1 saturated carbocycles. The zero-order chi connectivity index (χ0) is 20.2. The minimum atomic E-state index is -0.432. The van der Waals surface area contributed by atoms with Crippen molar-refractivity contribution in [1.29, 1.82) is 0 Å². The number of pyridine rings is 1. The molecule has 148 valence electrons. The van der Waals surface area contributed by atoms with Crippen molar-refractivity contribution in [3.63, 3.8) is 0 Å². The molecule has 6 heteroatoms. The van der Waals surface area contributed by atoms with Crippen LogP contribution < -0.4 is 15.6 Å². The Balaban J connectivity index is 1.38. The molecule has 0 bridgehead atoms. The number of amides is 2. The minimum Gasteiger partial charge on any atom is -0.484 e. The van der Waals surface area contributed by atoms with Gasteiger partial charge >= 0.3 is 0 Å². The Bertz CT molecular complexity index is 1040. The van der Waals surface area contributed by atoms with E-state index in [0.717, 1.165) is 35.9 Å². The van der Waals surface area contributed by atoms with Gasteiger partial charge in [0.1, 0.15) is 5.75 Å². The zero-order valence-corrected chi connectivity index (χ0v) is 16.3. The van der Waals surface area contributed by atoms with Gasteiger partial charge in [0.25, 0.3) is 11.8 Å². The summed E-state index contributed by atoms with van der Waals surface area (Å²) in [5.74, 6) is 0.232. The van der Waals surface area contributed by atoms with Gasteiger partial charge in [-0.2, -0.15) is 0 Å². The molecule has 1 aliphatic carbocycles. The topological polar surface area (TPSA) is 80.3 Å². The third-order valence-corrected chi connectivity index (χ3v) is 4.99. The number of hydrogen-bond donors (Lipinski definition) is 2. The lowest BCUT2D eigenvalue weighted by atomic mass is 10.1. The molecule has 1 aromatic heterocycles. The van der Waals surface area contributed by atoms with Gasteiger partial charge < -0.3 is 4.74 Å². The van der Waals surface area contributed by atoms with Crippen molar-refractivity contribution in [2.75, 3.05) is 6.61 Å². The summed E-state index contributed by atoms with van der Waals surface area (Å²) in [5, 5.41) is 0.760. The second kappa shape index (κ2) is 8.31. The van der Waals surface area contributed by atoms with Crippen molar-refractivity contribution in [2.45, 2.75) is 32.1 Å². The summed E-state index contributed by atoms with van der Waals surface area (Å²) in [6.45, 7) is 1.89. The van der Waals surface area contributed by atoms with Gasteiger partial charge in [-0.3, -0.25) is 25.4 Å². The van der Waals surface area contributed by atoms with Gasteiger partial charge in [-0.1, -0.05) is 37.3 Å². The van der Waals surface area contributed by atoms with Gasteiger partial charge in [-0.25, -0.2) is 0 Å². The van der Waals surface area contributed by atoms with E-state index >= 15 is 0 Å². The van der Waals surface area contributed by atoms with E-state index in [1.54, 1.807) is 0 Å². The summed E-state index contributed by atoms with van der Waals surface area (Å²) >= 11 is 0. The quantitative estimate of drug-likeness (QED) is 0.632. The van der Waals surface area contributed by atoms with Crippen LogP contribution in [0.4, 0.5) is 0 Å². The van der Waals surface area contributed by atoms with E-state index in [0.29, 0.717) is 17.2 Å². The number of hydrogen-bond acceptors (Lipinski definition) is 4. The summed E-state index contributed by atoms with van der Waals surface area (Å²) < 4.78 is 5.46. The first kappa shape index (κ1) is 18.9. The number of nitrogens with zero attached hydrogens (tertiary/aromatic N) is 1. The van der Waals surface area contributed by atoms with Crippen LogP contribution in [0.25, 0.3) is 10.9 Å². The molecule has 29 heavy (non-hydrogen) atoms. The number of rotatable bonds is 6. The van der Waals surface area contributed by atoms with E-state index in [2.05, 4.69) is 22.8 Å². The van der Waals surface area contributed by atoms with Crippen LogP contribution in [0.1, 0.15) is 47.3 Å². The highest BCUT2D eigenvalue weighted by atomic mass is 16.5. The van der Waals surface area contributed by atoms with Crippen LogP contribution in [0.3, 0.4) is 0 Å². The van der Waals surface area contributed by atoms with E-state index in [1.165, 1.54) is 5.56 Å². The fourth-order valence-electron chi connectivity index (χ4n) is 3.17. The molecule has 1 aliphatic rings. The zero-order valence-electron chi connectivity index (χ0n) is 16.3. The van der Waals surface area contributed by atoms with Crippen LogP contribution in [0, 0.1) is 0 Å². The van der Waals surface area contributed by atoms with E-state index in [-0.39, 0.29) is 12.5 Å². The normalized spacial score (nSPS) is 13.1. The molecule has 0 aliphatic heterocycles. The number of nitrogens with one attached hydrogen (secondary N) is 2. The summed E-state index contributed by atoms with van der Waals surface area (Å²) in [6, 6.07) is 16.9. The molecular weight excluding hydrogens is 366 g/mol. The SMILES string of the molecule is CCc1ccc(OCC(=O)NNC(=O)c2cc(C3CC3)nc3ccccc23)cc1. The number of fused-ring (bicyclic) bond motifs is 1. The number of aryl methyl sites for hydroxylation is 1. The Morgan fingerprint density at radius 2 is 1.83 bits per heavy atom. The van der Waals surface area contributed by atoms with Crippen LogP contribution in [0.2, 0.25) is 0 Å². The van der Waals surface area contributed by atoms with Crippen LogP contribution >= 0.6 is 0 Å². The van der Waals surface area contributed by atoms with Gasteiger partial charge in [0.2, 0.25) is 0 Å². The Labute approximate surface area is 169 Å². The molecule has 0 spiro atoms. The Morgan fingerprint density at radius 3 is 2.55 bits per heavy atom. The average molecular weight is 389 g/mol. The molecule has 2 N–H and O–H groups in total. The molecule has 6 nitrogen and oxygen atoms in total. The smallest absolute Gasteiger partial charge is 0.276 e. The summed E-state index contributed by atoms with van der Waals surface area (Å²) in [6.07, 6.45) is 3.14. The first-order valence-electron chi connectivity index (χ1n) is 9.84. The molecular formula is C23H23N3O3. The van der Waals surface area contributed by atoms with Gasteiger partial charge in [-0.05, 0) is 49.1 Å². The van der Waals surface area contributed by atoms with Gasteiger partial charge in [0.15, 0.2) is 6.61 Å². The molecule has 1 fully saturated rings. The second-order valence-electron chi connectivity index (χ2n) is 7.17. The fraction of sp³-hybridized carbons (Fsp3) is 0.261. The first-order valence-corrected chi connectivity index (χ1v) is 9.84. The molecule has 0 atom stereocenters. The number of aromatic nitrogens is 1. The van der Waals surface area contributed by atoms with Gasteiger partial charge in [-0.15, -0.1) is 0 Å². The highest BCUT2D eigenvalue weighted by Gasteiger charge is 2.27. The van der Waals surface area contributed by atoms with Gasteiger partial charge in [0, 0.05) is 17.0 Å². The number of ether oxygens (including phenoxy) is 1. The molecule has 0 unspecified atom stereocenters. The summed E-state index contributed by atoms with van der Waals surface area (Å²) in [5.41, 5.74) is 8.33. The minimum absolute atomic E-state index is 0.184. The van der Waals surface area contributed by atoms with Crippen molar-refractivity contribution < 1.29 is 14.3 Å². The van der Waals surface area contributed by atoms with Crippen molar-refractivity contribution >= 4 is 22.7 Å². The fourth-order valence-corrected chi connectivity index (χ4v) is 3.17. The van der Waals surface area contributed by atoms with E-state index in [1.807, 2.05) is 54.6 Å². The molecule has 2 amide bonds. The van der Waals surface area contributed by atoms with E-state index in [9.17, 15) is 9.59 Å². The monoisotopic (exact) mass is 389 g/mol. The molecule has 0 saturated heterocycles. The highest BCUT2D eigenvalue weighted by Crippen LogP contribution is 2.40. The molecule has 2 aromatic carbocycles. The Hall–Kier alpha value is -3.41. The number of carbonyl (C=O) groups is 2. The maximum Gasteiger partial charge on any atom is 0.276 e. The lowest BCUT2D eigenvalue weighted by Crippen LogP contribution is -2.43.